The number of carbonyl (C=O) groups is 1. The zero-order chi connectivity index (χ0) is 12.8. The molecule has 0 bridgehead atoms. The molecule has 19 heavy (non-hydrogen) atoms. The molecule has 0 unspecified atom stereocenters. The van der Waals surface area contributed by atoms with E-state index in [4.69, 9.17) is 9.47 Å². The number of nitrogens with one attached hydrogen (secondary N) is 2. The summed E-state index contributed by atoms with van der Waals surface area (Å²) in [5.41, 5.74) is 1.97. The molecule has 1 aliphatic rings. The van der Waals surface area contributed by atoms with E-state index in [-0.39, 0.29) is 24.9 Å². The minimum Gasteiger partial charge on any atom is -0.493 e. The Morgan fingerprint density at radius 1 is 1.47 bits per heavy atom. The van der Waals surface area contributed by atoms with Crippen molar-refractivity contribution in [3.63, 3.8) is 0 Å². The van der Waals surface area contributed by atoms with Gasteiger partial charge < -0.3 is 20.1 Å². The molecule has 1 aliphatic heterocycles. The SMILES string of the molecule is COCCNCC(=O)Nc1ccc2c(c1)CCO2.Cl. The third-order valence-corrected chi connectivity index (χ3v) is 2.74. The third kappa shape index (κ3) is 4.70. The molecule has 0 atom stereocenters. The highest BCUT2D eigenvalue weighted by atomic mass is 35.5. The maximum Gasteiger partial charge on any atom is 0.238 e. The molecule has 0 aliphatic carbocycles. The second-order valence-electron chi connectivity index (χ2n) is 4.14. The van der Waals surface area contributed by atoms with Crippen LogP contribution in [0.2, 0.25) is 0 Å². The van der Waals surface area contributed by atoms with Gasteiger partial charge in [0, 0.05) is 25.8 Å². The minimum atomic E-state index is -0.0510. The molecule has 1 heterocycles. The Balaban J connectivity index is 0.00000180. The van der Waals surface area contributed by atoms with E-state index in [9.17, 15) is 4.79 Å². The summed E-state index contributed by atoms with van der Waals surface area (Å²) in [6.45, 7) is 2.29. The fourth-order valence-electron chi connectivity index (χ4n) is 1.85. The Morgan fingerprint density at radius 3 is 3.11 bits per heavy atom. The van der Waals surface area contributed by atoms with E-state index in [2.05, 4.69) is 10.6 Å². The average Bonchev–Trinajstić information content (AvgIpc) is 2.82. The van der Waals surface area contributed by atoms with Crippen molar-refractivity contribution in [1.82, 2.24) is 5.32 Å². The van der Waals surface area contributed by atoms with Gasteiger partial charge in [0.1, 0.15) is 5.75 Å². The maximum atomic E-state index is 11.6. The first kappa shape index (κ1) is 15.8. The Morgan fingerprint density at radius 2 is 2.32 bits per heavy atom. The molecule has 0 aromatic heterocycles. The van der Waals surface area contributed by atoms with Crippen molar-refractivity contribution in [2.24, 2.45) is 0 Å². The fourth-order valence-corrected chi connectivity index (χ4v) is 1.85. The molecule has 1 amide bonds. The second-order valence-corrected chi connectivity index (χ2v) is 4.14. The van der Waals surface area contributed by atoms with E-state index >= 15 is 0 Å². The van der Waals surface area contributed by atoms with E-state index in [0.717, 1.165) is 30.0 Å². The van der Waals surface area contributed by atoms with Crippen LogP contribution < -0.4 is 15.4 Å². The minimum absolute atomic E-state index is 0. The second kappa shape index (κ2) is 7.99. The zero-order valence-corrected chi connectivity index (χ0v) is 11.7. The molecule has 0 spiro atoms. The van der Waals surface area contributed by atoms with Gasteiger partial charge in [-0.25, -0.2) is 0 Å². The molecular weight excluding hydrogens is 268 g/mol. The number of ether oxygens (including phenoxy) is 2. The molecule has 1 aromatic rings. The zero-order valence-electron chi connectivity index (χ0n) is 10.9. The predicted molar refractivity (Wildman–Crippen MR) is 76.3 cm³/mol. The number of anilines is 1. The molecule has 5 nitrogen and oxygen atoms in total. The van der Waals surface area contributed by atoms with Crippen LogP contribution in [0.5, 0.6) is 5.75 Å². The Labute approximate surface area is 119 Å². The highest BCUT2D eigenvalue weighted by Crippen LogP contribution is 2.27. The van der Waals surface area contributed by atoms with Crippen LogP contribution in [0, 0.1) is 0 Å². The lowest BCUT2D eigenvalue weighted by molar-refractivity contribution is -0.115. The van der Waals surface area contributed by atoms with Gasteiger partial charge in [0.15, 0.2) is 0 Å². The van der Waals surface area contributed by atoms with Crippen molar-refractivity contribution >= 4 is 24.0 Å². The molecule has 2 N–H and O–H groups in total. The van der Waals surface area contributed by atoms with Gasteiger partial charge in [-0.3, -0.25) is 4.79 Å². The summed E-state index contributed by atoms with van der Waals surface area (Å²) in [6.07, 6.45) is 0.908. The standard InChI is InChI=1S/C13H18N2O3.ClH/c1-17-7-5-14-9-13(16)15-11-2-3-12-10(8-11)4-6-18-12;/h2-3,8,14H,4-7,9H2,1H3,(H,15,16);1H. The summed E-state index contributed by atoms with van der Waals surface area (Å²) in [4.78, 5) is 11.6. The lowest BCUT2D eigenvalue weighted by atomic mass is 10.1. The van der Waals surface area contributed by atoms with Gasteiger partial charge >= 0.3 is 0 Å². The first-order valence-corrected chi connectivity index (χ1v) is 6.05. The van der Waals surface area contributed by atoms with Gasteiger partial charge in [-0.2, -0.15) is 0 Å². The molecule has 6 heteroatoms. The van der Waals surface area contributed by atoms with Gasteiger partial charge in [0.2, 0.25) is 5.91 Å². The quantitative estimate of drug-likeness (QED) is 0.772. The van der Waals surface area contributed by atoms with Gasteiger partial charge in [-0.05, 0) is 23.8 Å². The van der Waals surface area contributed by atoms with Crippen molar-refractivity contribution in [3.05, 3.63) is 23.8 Å². The van der Waals surface area contributed by atoms with E-state index in [1.54, 1.807) is 7.11 Å². The van der Waals surface area contributed by atoms with Gasteiger partial charge in [-0.1, -0.05) is 0 Å². The van der Waals surface area contributed by atoms with Crippen LogP contribution in [0.3, 0.4) is 0 Å². The summed E-state index contributed by atoms with van der Waals surface area (Å²) in [7, 11) is 1.63. The molecule has 0 fully saturated rings. The normalized spacial score (nSPS) is 12.3. The summed E-state index contributed by atoms with van der Waals surface area (Å²) < 4.78 is 10.3. The molecule has 0 saturated heterocycles. The largest absolute Gasteiger partial charge is 0.493 e. The fraction of sp³-hybridized carbons (Fsp3) is 0.462. The van der Waals surface area contributed by atoms with Gasteiger partial charge in [0.25, 0.3) is 0 Å². The number of benzene rings is 1. The molecule has 106 valence electrons. The summed E-state index contributed by atoms with van der Waals surface area (Å²) in [6, 6.07) is 5.73. The number of halogens is 1. The van der Waals surface area contributed by atoms with Crippen LogP contribution in [0.25, 0.3) is 0 Å². The van der Waals surface area contributed by atoms with Gasteiger partial charge in [0.05, 0.1) is 19.8 Å². The summed E-state index contributed by atoms with van der Waals surface area (Å²) in [5.74, 6) is 0.871. The van der Waals surface area contributed by atoms with Crippen molar-refractivity contribution in [2.75, 3.05) is 38.7 Å². The van der Waals surface area contributed by atoms with Crippen LogP contribution in [-0.2, 0) is 16.0 Å². The Hall–Kier alpha value is -1.30. The predicted octanol–water partition coefficient (Wildman–Crippen LogP) is 1.22. The van der Waals surface area contributed by atoms with E-state index in [0.29, 0.717) is 13.2 Å². The number of rotatable bonds is 6. The Kier molecular flexibility index (Phi) is 6.62. The number of fused-ring (bicyclic) bond motifs is 1. The molecular formula is C13H19ClN2O3. The van der Waals surface area contributed by atoms with Crippen molar-refractivity contribution in [2.45, 2.75) is 6.42 Å². The van der Waals surface area contributed by atoms with Crippen molar-refractivity contribution in [3.8, 4) is 5.75 Å². The highest BCUT2D eigenvalue weighted by Gasteiger charge is 2.12. The molecule has 1 aromatic carbocycles. The van der Waals surface area contributed by atoms with Crippen LogP contribution in [0.4, 0.5) is 5.69 Å². The van der Waals surface area contributed by atoms with E-state index < -0.39 is 0 Å². The third-order valence-electron chi connectivity index (χ3n) is 2.74. The molecule has 0 radical (unpaired) electrons. The van der Waals surface area contributed by atoms with Crippen LogP contribution in [0.1, 0.15) is 5.56 Å². The number of carbonyl (C=O) groups excluding carboxylic acids is 1. The molecule has 0 saturated carbocycles. The lowest BCUT2D eigenvalue weighted by Gasteiger charge is -2.07. The smallest absolute Gasteiger partial charge is 0.238 e. The van der Waals surface area contributed by atoms with E-state index in [1.165, 1.54) is 0 Å². The van der Waals surface area contributed by atoms with Crippen LogP contribution in [0.15, 0.2) is 18.2 Å². The van der Waals surface area contributed by atoms with Crippen LogP contribution >= 0.6 is 12.4 Å². The monoisotopic (exact) mass is 286 g/mol. The van der Waals surface area contributed by atoms with Crippen LogP contribution in [-0.4, -0.2) is 39.3 Å². The highest BCUT2D eigenvalue weighted by molar-refractivity contribution is 5.92. The number of hydrogen-bond donors (Lipinski definition) is 2. The Bertz CT molecular complexity index is 426. The summed E-state index contributed by atoms with van der Waals surface area (Å²) in [5, 5.41) is 5.85. The lowest BCUT2D eigenvalue weighted by Crippen LogP contribution is -2.30. The van der Waals surface area contributed by atoms with Crippen molar-refractivity contribution < 1.29 is 14.3 Å². The van der Waals surface area contributed by atoms with E-state index in [1.807, 2.05) is 18.2 Å². The average molecular weight is 287 g/mol. The first-order valence-electron chi connectivity index (χ1n) is 6.05. The molecule has 2 rings (SSSR count). The number of methoxy groups -OCH3 is 1. The summed E-state index contributed by atoms with van der Waals surface area (Å²) >= 11 is 0. The first-order chi connectivity index (χ1) is 8.79. The van der Waals surface area contributed by atoms with Gasteiger partial charge in [-0.15, -0.1) is 12.4 Å². The van der Waals surface area contributed by atoms with Crippen molar-refractivity contribution in [1.29, 1.82) is 0 Å². The number of hydrogen-bond acceptors (Lipinski definition) is 4. The topological polar surface area (TPSA) is 59.6 Å². The maximum absolute atomic E-state index is 11.6. The number of amides is 1.